The highest BCUT2D eigenvalue weighted by Crippen LogP contribution is 2.33. The SMILES string of the molecule is c1ccc(-c2cc(-c3ccccc3)nc(-c3ccc(-c4ccc5ccc(-c6ccc(-c7nc(-c8ccccc8)nc(-c8ccccc8)n7)cc6)cc5c4)cc3)n2)cc1. The summed E-state index contributed by atoms with van der Waals surface area (Å²) in [5.41, 5.74) is 12.2. The van der Waals surface area contributed by atoms with Crippen molar-refractivity contribution in [3.05, 3.63) is 212 Å². The van der Waals surface area contributed by atoms with Crippen LogP contribution in [0.3, 0.4) is 0 Å². The van der Waals surface area contributed by atoms with Crippen LogP contribution in [0.4, 0.5) is 0 Å². The first kappa shape index (κ1) is 34.6. The van der Waals surface area contributed by atoms with Crippen LogP contribution in [0.5, 0.6) is 0 Å². The van der Waals surface area contributed by atoms with Crippen LogP contribution in [0, 0.1) is 0 Å². The van der Waals surface area contributed by atoms with Crippen molar-refractivity contribution in [3.63, 3.8) is 0 Å². The van der Waals surface area contributed by atoms with Gasteiger partial charge in [0.1, 0.15) is 0 Å². The van der Waals surface area contributed by atoms with Crippen molar-refractivity contribution in [2.45, 2.75) is 0 Å². The Hall–Kier alpha value is -7.89. The van der Waals surface area contributed by atoms with E-state index in [2.05, 4.69) is 115 Å². The molecule has 0 N–H and O–H groups in total. The molecule has 0 saturated heterocycles. The summed E-state index contributed by atoms with van der Waals surface area (Å²) in [6.45, 7) is 0. The Labute approximate surface area is 337 Å². The highest BCUT2D eigenvalue weighted by atomic mass is 15.0. The second-order valence-electron chi connectivity index (χ2n) is 14.2. The maximum absolute atomic E-state index is 5.02. The Morgan fingerprint density at radius 3 is 0.862 bits per heavy atom. The zero-order chi connectivity index (χ0) is 38.7. The molecule has 0 fully saturated rings. The summed E-state index contributed by atoms with van der Waals surface area (Å²) in [4.78, 5) is 24.7. The molecule has 0 aliphatic heterocycles. The molecule has 272 valence electrons. The van der Waals surface area contributed by atoms with Crippen molar-refractivity contribution in [1.29, 1.82) is 0 Å². The summed E-state index contributed by atoms with van der Waals surface area (Å²) >= 11 is 0. The number of hydrogen-bond donors (Lipinski definition) is 0. The molecule has 2 aromatic heterocycles. The number of fused-ring (bicyclic) bond motifs is 1. The smallest absolute Gasteiger partial charge is 0.164 e. The standard InChI is InChI=1S/C53H35N5/c1-5-13-39(14-6-1)48-35-49(40-15-7-2-8-16-40)55-50(54-48)43-27-21-36(22-28-43)45-31-25-38-26-32-46(34-47(38)33-45)37-23-29-44(30-24-37)53-57-51(41-17-9-3-10-18-41)56-52(58-53)42-19-11-4-12-20-42/h1-35H. The van der Waals surface area contributed by atoms with E-state index >= 15 is 0 Å². The molecular weight excluding hydrogens is 707 g/mol. The first-order chi connectivity index (χ1) is 28.7. The first-order valence-corrected chi connectivity index (χ1v) is 19.3. The molecule has 0 radical (unpaired) electrons. The Bertz CT molecular complexity index is 2690. The monoisotopic (exact) mass is 741 g/mol. The lowest BCUT2D eigenvalue weighted by Gasteiger charge is -2.11. The molecule has 0 saturated carbocycles. The number of benzene rings is 8. The van der Waals surface area contributed by atoms with E-state index in [-0.39, 0.29) is 0 Å². The molecule has 0 aliphatic carbocycles. The Morgan fingerprint density at radius 1 is 0.190 bits per heavy atom. The molecule has 10 rings (SSSR count). The van der Waals surface area contributed by atoms with Gasteiger partial charge in [0.2, 0.25) is 0 Å². The van der Waals surface area contributed by atoms with Crippen molar-refractivity contribution in [2.75, 3.05) is 0 Å². The molecule has 5 heteroatoms. The van der Waals surface area contributed by atoms with Gasteiger partial charge in [-0.2, -0.15) is 0 Å². The Morgan fingerprint density at radius 2 is 0.483 bits per heavy atom. The van der Waals surface area contributed by atoms with Gasteiger partial charge >= 0.3 is 0 Å². The van der Waals surface area contributed by atoms with E-state index in [1.54, 1.807) is 0 Å². The summed E-state index contributed by atoms with van der Waals surface area (Å²) < 4.78 is 0. The second-order valence-corrected chi connectivity index (χ2v) is 14.2. The average molecular weight is 742 g/mol. The normalized spacial score (nSPS) is 11.1. The fourth-order valence-electron chi connectivity index (χ4n) is 7.26. The third kappa shape index (κ3) is 7.16. The molecule has 58 heavy (non-hydrogen) atoms. The molecular formula is C53H35N5. The van der Waals surface area contributed by atoms with Crippen LogP contribution in [-0.4, -0.2) is 24.9 Å². The fraction of sp³-hybridized carbons (Fsp3) is 0. The molecule has 10 aromatic rings. The average Bonchev–Trinajstić information content (AvgIpc) is 3.32. The van der Waals surface area contributed by atoms with Crippen LogP contribution in [0.15, 0.2) is 212 Å². The predicted molar refractivity (Wildman–Crippen MR) is 236 cm³/mol. The number of nitrogens with zero attached hydrogens (tertiary/aromatic N) is 5. The summed E-state index contributed by atoms with van der Waals surface area (Å²) in [6.07, 6.45) is 0. The van der Waals surface area contributed by atoms with Gasteiger partial charge in [-0.05, 0) is 51.2 Å². The summed E-state index contributed by atoms with van der Waals surface area (Å²) in [6, 6.07) is 73.1. The van der Waals surface area contributed by atoms with Crippen LogP contribution in [-0.2, 0) is 0 Å². The van der Waals surface area contributed by atoms with Crippen LogP contribution >= 0.6 is 0 Å². The van der Waals surface area contributed by atoms with Crippen LogP contribution in [0.1, 0.15) is 0 Å². The summed E-state index contributed by atoms with van der Waals surface area (Å²) in [7, 11) is 0. The fourth-order valence-corrected chi connectivity index (χ4v) is 7.26. The minimum absolute atomic E-state index is 0.639. The molecule has 0 unspecified atom stereocenters. The molecule has 0 spiro atoms. The maximum atomic E-state index is 5.02. The maximum Gasteiger partial charge on any atom is 0.164 e. The second kappa shape index (κ2) is 15.3. The Kier molecular flexibility index (Phi) is 9.14. The van der Waals surface area contributed by atoms with E-state index in [1.165, 1.54) is 10.8 Å². The third-order valence-corrected chi connectivity index (χ3v) is 10.4. The van der Waals surface area contributed by atoms with Crippen LogP contribution in [0.25, 0.3) is 101 Å². The highest BCUT2D eigenvalue weighted by Gasteiger charge is 2.14. The summed E-state index contributed by atoms with van der Waals surface area (Å²) in [5, 5.41) is 2.36. The molecule has 8 aromatic carbocycles. The van der Waals surface area contributed by atoms with Crippen molar-refractivity contribution in [2.24, 2.45) is 0 Å². The summed E-state index contributed by atoms with van der Waals surface area (Å²) in [5.74, 6) is 2.64. The van der Waals surface area contributed by atoms with Gasteiger partial charge in [0, 0.05) is 33.4 Å². The quantitative estimate of drug-likeness (QED) is 0.155. The van der Waals surface area contributed by atoms with Crippen molar-refractivity contribution in [3.8, 4) is 90.3 Å². The van der Waals surface area contributed by atoms with Crippen LogP contribution in [0.2, 0.25) is 0 Å². The highest BCUT2D eigenvalue weighted by molar-refractivity contribution is 5.91. The lowest BCUT2D eigenvalue weighted by Crippen LogP contribution is -2.00. The number of aromatic nitrogens is 5. The van der Waals surface area contributed by atoms with Gasteiger partial charge in [0.15, 0.2) is 23.3 Å². The molecule has 5 nitrogen and oxygen atoms in total. The number of rotatable bonds is 8. The first-order valence-electron chi connectivity index (χ1n) is 19.3. The zero-order valence-corrected chi connectivity index (χ0v) is 31.4. The lowest BCUT2D eigenvalue weighted by atomic mass is 9.96. The predicted octanol–water partition coefficient (Wildman–Crippen LogP) is 13.2. The van der Waals surface area contributed by atoms with Crippen molar-refractivity contribution >= 4 is 10.8 Å². The van der Waals surface area contributed by atoms with E-state index in [0.29, 0.717) is 23.3 Å². The van der Waals surface area contributed by atoms with Crippen molar-refractivity contribution in [1.82, 2.24) is 24.9 Å². The molecule has 0 atom stereocenters. The lowest BCUT2D eigenvalue weighted by molar-refractivity contribution is 1.07. The van der Waals surface area contributed by atoms with Crippen molar-refractivity contribution < 1.29 is 0 Å². The zero-order valence-electron chi connectivity index (χ0n) is 31.4. The number of hydrogen-bond acceptors (Lipinski definition) is 5. The van der Waals surface area contributed by atoms with E-state index in [9.17, 15) is 0 Å². The van der Waals surface area contributed by atoms with E-state index in [4.69, 9.17) is 24.9 Å². The van der Waals surface area contributed by atoms with E-state index in [0.717, 1.165) is 67.0 Å². The van der Waals surface area contributed by atoms with E-state index in [1.807, 2.05) is 97.1 Å². The Balaban J connectivity index is 0.941. The van der Waals surface area contributed by atoms with Gasteiger partial charge < -0.3 is 0 Å². The molecule has 0 bridgehead atoms. The largest absolute Gasteiger partial charge is 0.228 e. The minimum atomic E-state index is 0.639. The van der Waals surface area contributed by atoms with E-state index < -0.39 is 0 Å². The molecule has 0 aliphatic rings. The van der Waals surface area contributed by atoms with Gasteiger partial charge in [-0.15, -0.1) is 0 Å². The van der Waals surface area contributed by atoms with Gasteiger partial charge in [0.25, 0.3) is 0 Å². The minimum Gasteiger partial charge on any atom is -0.228 e. The van der Waals surface area contributed by atoms with Crippen LogP contribution < -0.4 is 0 Å². The van der Waals surface area contributed by atoms with Gasteiger partial charge in [0.05, 0.1) is 11.4 Å². The topological polar surface area (TPSA) is 64.5 Å². The van der Waals surface area contributed by atoms with Gasteiger partial charge in [-0.1, -0.05) is 194 Å². The third-order valence-electron chi connectivity index (χ3n) is 10.4. The van der Waals surface area contributed by atoms with Gasteiger partial charge in [-0.25, -0.2) is 24.9 Å². The molecule has 0 amide bonds. The van der Waals surface area contributed by atoms with Gasteiger partial charge in [-0.3, -0.25) is 0 Å². The molecule has 2 heterocycles.